The van der Waals surface area contributed by atoms with Crippen molar-refractivity contribution < 1.29 is 19.2 Å². The van der Waals surface area contributed by atoms with Gasteiger partial charge in [-0.2, -0.15) is 0 Å². The summed E-state index contributed by atoms with van der Waals surface area (Å²) in [5.74, 6) is 0.443. The molecule has 1 amide bonds. The van der Waals surface area contributed by atoms with Crippen LogP contribution in [0.5, 0.6) is 11.5 Å². The summed E-state index contributed by atoms with van der Waals surface area (Å²) < 4.78 is 10.3. The summed E-state index contributed by atoms with van der Waals surface area (Å²) in [6.45, 7) is 1.70. The van der Waals surface area contributed by atoms with Gasteiger partial charge in [-0.25, -0.2) is 0 Å². The molecule has 0 bridgehead atoms. The van der Waals surface area contributed by atoms with Crippen LogP contribution < -0.4 is 20.1 Å². The van der Waals surface area contributed by atoms with E-state index in [9.17, 15) is 14.9 Å². The summed E-state index contributed by atoms with van der Waals surface area (Å²) in [6, 6.07) is 9.08. The molecule has 2 N–H and O–H groups in total. The lowest BCUT2D eigenvalue weighted by molar-refractivity contribution is -0.384. The second-order valence-corrected chi connectivity index (χ2v) is 5.64. The number of nitrogens with one attached hydrogen (secondary N) is 2. The van der Waals surface area contributed by atoms with E-state index >= 15 is 0 Å². The van der Waals surface area contributed by atoms with Crippen LogP contribution in [-0.4, -0.2) is 30.2 Å². The maximum atomic E-state index is 12.4. The first-order valence-electron chi connectivity index (χ1n) is 7.45. The number of rotatable bonds is 5. The Kier molecular flexibility index (Phi) is 6.07. The summed E-state index contributed by atoms with van der Waals surface area (Å²) in [7, 11) is 2.96. The fourth-order valence-corrected chi connectivity index (χ4v) is 2.41. The zero-order chi connectivity index (χ0) is 19.3. The summed E-state index contributed by atoms with van der Waals surface area (Å²) in [6.07, 6.45) is 0. The maximum Gasteiger partial charge on any atom is 0.269 e. The van der Waals surface area contributed by atoms with Crippen LogP contribution in [0.25, 0.3) is 0 Å². The van der Waals surface area contributed by atoms with Crippen molar-refractivity contribution in [2.24, 2.45) is 0 Å². The lowest BCUT2D eigenvalue weighted by atomic mass is 10.1. The van der Waals surface area contributed by atoms with E-state index in [-0.39, 0.29) is 16.4 Å². The van der Waals surface area contributed by atoms with E-state index in [1.165, 1.54) is 32.4 Å². The zero-order valence-corrected chi connectivity index (χ0v) is 15.2. The van der Waals surface area contributed by atoms with Crippen molar-refractivity contribution in [1.29, 1.82) is 0 Å². The SMILES string of the molecule is COc1ccc(C(=O)NC(=S)Nc2ccc([N+](=O)[O-])cc2C)c(OC)c1. The average molecular weight is 375 g/mol. The molecule has 0 heterocycles. The van der Waals surface area contributed by atoms with Gasteiger partial charge in [0.25, 0.3) is 11.6 Å². The van der Waals surface area contributed by atoms with Crippen LogP contribution in [0.15, 0.2) is 36.4 Å². The largest absolute Gasteiger partial charge is 0.497 e. The van der Waals surface area contributed by atoms with Gasteiger partial charge >= 0.3 is 0 Å². The van der Waals surface area contributed by atoms with E-state index in [1.807, 2.05) is 0 Å². The van der Waals surface area contributed by atoms with E-state index in [4.69, 9.17) is 21.7 Å². The van der Waals surface area contributed by atoms with Crippen LogP contribution >= 0.6 is 12.2 Å². The van der Waals surface area contributed by atoms with Crippen molar-refractivity contribution in [2.75, 3.05) is 19.5 Å². The van der Waals surface area contributed by atoms with Crippen LogP contribution in [-0.2, 0) is 0 Å². The van der Waals surface area contributed by atoms with Crippen molar-refractivity contribution in [2.45, 2.75) is 6.92 Å². The number of methoxy groups -OCH3 is 2. The van der Waals surface area contributed by atoms with E-state index < -0.39 is 10.8 Å². The molecule has 0 radical (unpaired) electrons. The van der Waals surface area contributed by atoms with Crippen LogP contribution in [0.1, 0.15) is 15.9 Å². The number of amides is 1. The first-order valence-corrected chi connectivity index (χ1v) is 7.86. The lowest BCUT2D eigenvalue weighted by Gasteiger charge is -2.13. The molecule has 0 aliphatic carbocycles. The number of hydrogen-bond donors (Lipinski definition) is 2. The summed E-state index contributed by atoms with van der Waals surface area (Å²) in [5, 5.41) is 16.2. The molecule has 0 unspecified atom stereocenters. The van der Waals surface area contributed by atoms with Gasteiger partial charge in [-0.05, 0) is 42.9 Å². The number of non-ortho nitro benzene ring substituents is 1. The van der Waals surface area contributed by atoms with Gasteiger partial charge in [0, 0.05) is 23.9 Å². The van der Waals surface area contributed by atoms with Gasteiger partial charge in [0.1, 0.15) is 11.5 Å². The van der Waals surface area contributed by atoms with Crippen molar-refractivity contribution >= 4 is 34.6 Å². The number of carbonyl (C=O) groups is 1. The number of hydrogen-bond acceptors (Lipinski definition) is 6. The van der Waals surface area contributed by atoms with Gasteiger partial charge < -0.3 is 14.8 Å². The summed E-state index contributed by atoms with van der Waals surface area (Å²) in [5.41, 5.74) is 1.45. The van der Waals surface area contributed by atoms with Crippen molar-refractivity contribution in [3.05, 3.63) is 57.6 Å². The van der Waals surface area contributed by atoms with Gasteiger partial charge in [-0.15, -0.1) is 0 Å². The molecule has 2 rings (SSSR count). The smallest absolute Gasteiger partial charge is 0.269 e. The third-order valence-electron chi connectivity index (χ3n) is 3.55. The minimum absolute atomic E-state index is 0.0222. The van der Waals surface area contributed by atoms with Gasteiger partial charge in [0.2, 0.25) is 0 Å². The van der Waals surface area contributed by atoms with Crippen molar-refractivity contribution in [3.8, 4) is 11.5 Å². The highest BCUT2D eigenvalue weighted by Gasteiger charge is 2.15. The highest BCUT2D eigenvalue weighted by Crippen LogP contribution is 2.25. The Hall–Kier alpha value is -3.20. The number of nitrogens with zero attached hydrogens (tertiary/aromatic N) is 1. The second kappa shape index (κ2) is 8.26. The maximum absolute atomic E-state index is 12.4. The Morgan fingerprint density at radius 1 is 1.15 bits per heavy atom. The molecule has 0 aliphatic heterocycles. The van der Waals surface area contributed by atoms with Crippen molar-refractivity contribution in [3.63, 3.8) is 0 Å². The van der Waals surface area contributed by atoms with Gasteiger partial charge in [-0.3, -0.25) is 20.2 Å². The molecule has 0 fully saturated rings. The molecule has 0 spiro atoms. The highest BCUT2D eigenvalue weighted by atomic mass is 32.1. The second-order valence-electron chi connectivity index (χ2n) is 5.23. The molecule has 0 atom stereocenters. The number of aryl methyl sites for hydroxylation is 1. The Morgan fingerprint density at radius 3 is 2.46 bits per heavy atom. The Balaban J connectivity index is 2.10. The molecule has 2 aromatic rings. The van der Waals surface area contributed by atoms with E-state index in [1.54, 1.807) is 25.1 Å². The van der Waals surface area contributed by atoms with E-state index in [2.05, 4.69) is 10.6 Å². The Morgan fingerprint density at radius 2 is 1.88 bits per heavy atom. The molecule has 0 saturated heterocycles. The van der Waals surface area contributed by atoms with E-state index in [0.717, 1.165) is 0 Å². The first kappa shape index (κ1) is 19.1. The van der Waals surface area contributed by atoms with Crippen molar-refractivity contribution in [1.82, 2.24) is 5.32 Å². The molecule has 26 heavy (non-hydrogen) atoms. The van der Waals surface area contributed by atoms with Gasteiger partial charge in [-0.1, -0.05) is 0 Å². The number of nitro benzene ring substituents is 1. The molecular formula is C17H17N3O5S. The first-order chi connectivity index (χ1) is 12.3. The normalized spacial score (nSPS) is 9.96. The number of nitro groups is 1. The molecule has 9 heteroatoms. The zero-order valence-electron chi connectivity index (χ0n) is 14.4. The monoisotopic (exact) mass is 375 g/mol. The Labute approximate surface area is 155 Å². The fraction of sp³-hybridized carbons (Fsp3) is 0.176. The number of ether oxygens (including phenoxy) is 2. The predicted octanol–water partition coefficient (Wildman–Crippen LogP) is 3.05. The molecule has 136 valence electrons. The number of anilines is 1. The average Bonchev–Trinajstić information content (AvgIpc) is 2.62. The predicted molar refractivity (Wildman–Crippen MR) is 101 cm³/mol. The highest BCUT2D eigenvalue weighted by molar-refractivity contribution is 7.80. The third kappa shape index (κ3) is 4.45. The molecule has 0 aliphatic rings. The van der Waals surface area contributed by atoms with Crippen LogP contribution in [0.2, 0.25) is 0 Å². The van der Waals surface area contributed by atoms with Crippen LogP contribution in [0.4, 0.5) is 11.4 Å². The minimum atomic E-state index is -0.479. The quantitative estimate of drug-likeness (QED) is 0.470. The molecule has 0 saturated carbocycles. The molecular weight excluding hydrogens is 358 g/mol. The fourth-order valence-electron chi connectivity index (χ4n) is 2.21. The lowest BCUT2D eigenvalue weighted by Crippen LogP contribution is -2.34. The minimum Gasteiger partial charge on any atom is -0.497 e. The van der Waals surface area contributed by atoms with Crippen LogP contribution in [0, 0.1) is 17.0 Å². The summed E-state index contributed by atoms with van der Waals surface area (Å²) in [4.78, 5) is 22.7. The number of thiocarbonyl (C=S) groups is 1. The van der Waals surface area contributed by atoms with Crippen LogP contribution in [0.3, 0.4) is 0 Å². The third-order valence-corrected chi connectivity index (χ3v) is 3.75. The molecule has 0 aromatic heterocycles. The molecule has 8 nitrogen and oxygen atoms in total. The van der Waals surface area contributed by atoms with Gasteiger partial charge in [0.05, 0.1) is 24.7 Å². The van der Waals surface area contributed by atoms with Gasteiger partial charge in [0.15, 0.2) is 5.11 Å². The Bertz CT molecular complexity index is 869. The topological polar surface area (TPSA) is 103 Å². The van der Waals surface area contributed by atoms with E-state index in [0.29, 0.717) is 22.7 Å². The number of benzene rings is 2. The molecule has 2 aromatic carbocycles. The number of carbonyl (C=O) groups excluding carboxylic acids is 1. The summed E-state index contributed by atoms with van der Waals surface area (Å²) >= 11 is 5.14. The standard InChI is InChI=1S/C17H17N3O5S/c1-10-8-11(20(22)23)4-7-14(10)18-17(26)19-16(21)13-6-5-12(24-2)9-15(13)25-3/h4-9H,1-3H3,(H2,18,19,21,26).